The summed E-state index contributed by atoms with van der Waals surface area (Å²) in [7, 11) is 0. The number of nitrogens with one attached hydrogen (secondary N) is 1. The number of rotatable bonds is 6. The molecule has 0 aliphatic carbocycles. The van der Waals surface area contributed by atoms with Crippen LogP contribution in [-0.4, -0.2) is 54.6 Å². The van der Waals surface area contributed by atoms with Gasteiger partial charge in [0.2, 0.25) is 11.9 Å². The quantitative estimate of drug-likeness (QED) is 0.186. The molecule has 54 heavy (non-hydrogen) atoms. The van der Waals surface area contributed by atoms with E-state index in [1.807, 2.05) is 14.9 Å². The first kappa shape index (κ1) is 33.3. The minimum atomic E-state index is -0.330. The van der Waals surface area contributed by atoms with Crippen LogP contribution < -0.4 is 11.1 Å². The van der Waals surface area contributed by atoms with E-state index in [2.05, 4.69) is 45.2 Å². The van der Waals surface area contributed by atoms with Crippen molar-refractivity contribution < 1.29 is 13.6 Å². The maximum Gasteiger partial charge on any atom is 0.258 e. The maximum absolute atomic E-state index is 13.4. The van der Waals surface area contributed by atoms with E-state index >= 15 is 0 Å². The van der Waals surface area contributed by atoms with Gasteiger partial charge in [0.05, 0.1) is 46.6 Å². The first-order chi connectivity index (χ1) is 26.4. The van der Waals surface area contributed by atoms with Gasteiger partial charge in [0.25, 0.3) is 5.91 Å². The van der Waals surface area contributed by atoms with Crippen molar-refractivity contribution in [3.05, 3.63) is 158 Å². The SMILES string of the molecule is Nc1nccc(-c2c(-c3ccc(F)cc3)nc3cnccn23)n1.O=C(Nc1nccc(-c2c(-c3ccc(F)cc3)nc3cnccn23)n1)c1ccccc1. The number of carbonyl (C=O) groups is 1. The number of nitrogens with zero attached hydrogens (tertiary/aromatic N) is 10. The fourth-order valence-corrected chi connectivity index (χ4v) is 5.74. The molecule has 0 spiro atoms. The van der Waals surface area contributed by atoms with Gasteiger partial charge in [-0.2, -0.15) is 0 Å². The summed E-state index contributed by atoms with van der Waals surface area (Å²) in [6, 6.07) is 24.6. The average molecular weight is 717 g/mol. The Morgan fingerprint density at radius 1 is 0.593 bits per heavy atom. The van der Waals surface area contributed by atoms with Crippen molar-refractivity contribution in [1.82, 2.24) is 48.7 Å². The van der Waals surface area contributed by atoms with Crippen LogP contribution in [0.2, 0.25) is 0 Å². The summed E-state index contributed by atoms with van der Waals surface area (Å²) in [4.78, 5) is 46.9. The Labute approximate surface area is 305 Å². The lowest BCUT2D eigenvalue weighted by molar-refractivity contribution is 0.102. The standard InChI is InChI=1S/C23H15FN6O.C16H11FN6/c24-17-8-6-15(7-9-17)20-21(30-13-12-25-14-19(30)28-20)18-10-11-26-23(27-18)29-22(31)16-4-2-1-3-5-16;17-11-3-1-10(2-4-11)14-15(12-5-6-20-16(18)21-12)23-8-7-19-9-13(23)22-14/h1-14H,(H,26,27,29,31);1-9H,(H2,18,20,21). The molecule has 0 bridgehead atoms. The molecule has 262 valence electrons. The van der Waals surface area contributed by atoms with Gasteiger partial charge in [0.15, 0.2) is 11.3 Å². The first-order valence-electron chi connectivity index (χ1n) is 16.4. The van der Waals surface area contributed by atoms with Crippen LogP contribution in [0.5, 0.6) is 0 Å². The molecule has 13 nitrogen and oxygen atoms in total. The van der Waals surface area contributed by atoms with Crippen LogP contribution in [0.25, 0.3) is 56.6 Å². The molecular weight excluding hydrogens is 691 g/mol. The number of halogens is 2. The van der Waals surface area contributed by atoms with Crippen LogP contribution in [0, 0.1) is 11.6 Å². The van der Waals surface area contributed by atoms with Crippen LogP contribution in [0.3, 0.4) is 0 Å². The molecule has 9 rings (SSSR count). The topological polar surface area (TPSA) is 167 Å². The Bertz CT molecular complexity index is 2750. The van der Waals surface area contributed by atoms with E-state index in [0.29, 0.717) is 45.3 Å². The summed E-state index contributed by atoms with van der Waals surface area (Å²) in [5, 5.41) is 2.72. The van der Waals surface area contributed by atoms with Crippen molar-refractivity contribution in [2.75, 3.05) is 11.1 Å². The monoisotopic (exact) mass is 716 g/mol. The molecule has 1 amide bonds. The minimum absolute atomic E-state index is 0.167. The second-order valence-corrected chi connectivity index (χ2v) is 11.6. The highest BCUT2D eigenvalue weighted by molar-refractivity contribution is 6.03. The number of carbonyl (C=O) groups excluding carboxylic acids is 1. The van der Waals surface area contributed by atoms with E-state index in [1.165, 1.54) is 24.3 Å². The molecule has 0 unspecified atom stereocenters. The smallest absolute Gasteiger partial charge is 0.258 e. The molecule has 0 saturated heterocycles. The number of amides is 1. The number of hydrogen-bond donors (Lipinski definition) is 2. The highest BCUT2D eigenvalue weighted by Crippen LogP contribution is 2.33. The summed E-state index contributed by atoms with van der Waals surface area (Å²) >= 11 is 0. The molecule has 0 fully saturated rings. The molecule has 3 N–H and O–H groups in total. The van der Waals surface area contributed by atoms with Crippen molar-refractivity contribution in [2.24, 2.45) is 0 Å². The fourth-order valence-electron chi connectivity index (χ4n) is 5.74. The van der Waals surface area contributed by atoms with Gasteiger partial charge in [0.1, 0.15) is 11.6 Å². The van der Waals surface area contributed by atoms with Crippen LogP contribution in [0.1, 0.15) is 10.4 Å². The second kappa shape index (κ2) is 14.4. The Kier molecular flexibility index (Phi) is 8.91. The van der Waals surface area contributed by atoms with Crippen LogP contribution in [-0.2, 0) is 0 Å². The molecule has 0 saturated carbocycles. The van der Waals surface area contributed by atoms with Gasteiger partial charge >= 0.3 is 0 Å². The lowest BCUT2D eigenvalue weighted by atomic mass is 10.1. The Hall–Kier alpha value is -7.81. The summed E-state index contributed by atoms with van der Waals surface area (Å²) in [5.41, 5.74) is 12.9. The first-order valence-corrected chi connectivity index (χ1v) is 16.4. The van der Waals surface area contributed by atoms with Gasteiger partial charge in [-0.05, 0) is 72.8 Å². The summed E-state index contributed by atoms with van der Waals surface area (Å²) in [5.74, 6) is -0.591. The highest BCUT2D eigenvalue weighted by Gasteiger charge is 2.19. The summed E-state index contributed by atoms with van der Waals surface area (Å²) in [6.07, 6.45) is 13.3. The summed E-state index contributed by atoms with van der Waals surface area (Å²) in [6.45, 7) is 0. The molecule has 3 aromatic carbocycles. The van der Waals surface area contributed by atoms with Crippen LogP contribution in [0.4, 0.5) is 20.7 Å². The molecule has 0 atom stereocenters. The maximum atomic E-state index is 13.4. The average Bonchev–Trinajstić information content (AvgIpc) is 3.79. The number of imidazole rings is 2. The van der Waals surface area contributed by atoms with Crippen molar-refractivity contribution in [2.45, 2.75) is 0 Å². The van der Waals surface area contributed by atoms with E-state index in [-0.39, 0.29) is 29.4 Å². The van der Waals surface area contributed by atoms with Crippen molar-refractivity contribution in [1.29, 1.82) is 0 Å². The van der Waals surface area contributed by atoms with Gasteiger partial charge in [-0.15, -0.1) is 0 Å². The van der Waals surface area contributed by atoms with Crippen molar-refractivity contribution in [3.8, 4) is 45.3 Å². The molecule has 0 aliphatic rings. The lowest BCUT2D eigenvalue weighted by Crippen LogP contribution is -2.14. The number of nitrogen functional groups attached to an aromatic ring is 1. The predicted molar refractivity (Wildman–Crippen MR) is 198 cm³/mol. The number of fused-ring (bicyclic) bond motifs is 2. The normalized spacial score (nSPS) is 10.9. The number of anilines is 2. The van der Waals surface area contributed by atoms with Gasteiger partial charge in [0, 0.05) is 53.9 Å². The zero-order chi connectivity index (χ0) is 37.0. The van der Waals surface area contributed by atoms with Crippen molar-refractivity contribution >= 4 is 29.1 Å². The van der Waals surface area contributed by atoms with E-state index in [4.69, 9.17) is 5.73 Å². The van der Waals surface area contributed by atoms with Crippen molar-refractivity contribution in [3.63, 3.8) is 0 Å². The summed E-state index contributed by atoms with van der Waals surface area (Å²) < 4.78 is 30.4. The molecular formula is C39H26F2N12O. The number of aromatic nitrogens is 10. The number of nitrogens with two attached hydrogens (primary N) is 1. The highest BCUT2D eigenvalue weighted by atomic mass is 19.1. The largest absolute Gasteiger partial charge is 0.368 e. The lowest BCUT2D eigenvalue weighted by Gasteiger charge is -2.08. The third-order valence-electron chi connectivity index (χ3n) is 8.17. The molecule has 6 aromatic heterocycles. The van der Waals surface area contributed by atoms with E-state index < -0.39 is 0 Å². The van der Waals surface area contributed by atoms with Crippen LogP contribution >= 0.6 is 0 Å². The third kappa shape index (κ3) is 6.79. The predicted octanol–water partition coefficient (Wildman–Crippen LogP) is 6.82. The third-order valence-corrected chi connectivity index (χ3v) is 8.17. The van der Waals surface area contributed by atoms with Gasteiger partial charge in [-0.1, -0.05) is 18.2 Å². The fraction of sp³-hybridized carbons (Fsp3) is 0. The van der Waals surface area contributed by atoms with E-state index in [9.17, 15) is 13.6 Å². The minimum Gasteiger partial charge on any atom is -0.368 e. The van der Waals surface area contributed by atoms with Gasteiger partial charge in [-0.3, -0.25) is 28.9 Å². The van der Waals surface area contributed by atoms with E-state index in [1.54, 1.807) is 110 Å². The molecule has 9 aromatic rings. The number of hydrogen-bond acceptors (Lipinski definition) is 10. The zero-order valence-corrected chi connectivity index (χ0v) is 28.0. The second-order valence-electron chi connectivity index (χ2n) is 11.6. The molecule has 0 radical (unpaired) electrons. The molecule has 15 heteroatoms. The Morgan fingerprint density at radius 3 is 1.65 bits per heavy atom. The Morgan fingerprint density at radius 2 is 1.11 bits per heavy atom. The van der Waals surface area contributed by atoms with Gasteiger partial charge < -0.3 is 5.73 Å². The van der Waals surface area contributed by atoms with Crippen LogP contribution in [0.15, 0.2) is 141 Å². The van der Waals surface area contributed by atoms with E-state index in [0.717, 1.165) is 16.8 Å². The number of benzene rings is 3. The zero-order valence-electron chi connectivity index (χ0n) is 28.0. The Balaban J connectivity index is 0.000000160. The molecule has 6 heterocycles. The molecule has 0 aliphatic heterocycles. The van der Waals surface area contributed by atoms with Gasteiger partial charge in [-0.25, -0.2) is 38.7 Å².